The van der Waals surface area contributed by atoms with Crippen molar-refractivity contribution >= 4 is 17.7 Å². The highest BCUT2D eigenvalue weighted by atomic mass is 32.2. The molecule has 2 rings (SSSR count). The highest BCUT2D eigenvalue weighted by Gasteiger charge is 2.29. The molecule has 1 aliphatic rings. The van der Waals surface area contributed by atoms with Gasteiger partial charge in [-0.15, -0.1) is 0 Å². The van der Waals surface area contributed by atoms with Gasteiger partial charge < -0.3 is 10.1 Å². The van der Waals surface area contributed by atoms with Gasteiger partial charge in [0, 0.05) is 10.5 Å². The number of thioether (sulfide) groups is 1. The standard InChI is InChI=1S/C11H10F3NO2S/c12-11(13,14)18-9-3-1-7(2-4-9)10(16)15-8-5-17-6-8/h1-4,8H,5-6H2,(H,15,16). The van der Waals surface area contributed by atoms with Crippen LogP contribution in [-0.2, 0) is 4.74 Å². The number of nitrogens with one attached hydrogen (secondary N) is 1. The smallest absolute Gasteiger partial charge is 0.377 e. The summed E-state index contributed by atoms with van der Waals surface area (Å²) in [6.45, 7) is 0.960. The molecule has 98 valence electrons. The van der Waals surface area contributed by atoms with Gasteiger partial charge in [0.25, 0.3) is 5.91 Å². The first-order chi connectivity index (χ1) is 8.44. The molecule has 0 aliphatic carbocycles. The van der Waals surface area contributed by atoms with Crippen molar-refractivity contribution in [2.45, 2.75) is 16.4 Å². The molecule has 0 radical (unpaired) electrons. The van der Waals surface area contributed by atoms with Crippen LogP contribution in [0.15, 0.2) is 29.2 Å². The first-order valence-electron chi connectivity index (χ1n) is 5.18. The lowest BCUT2D eigenvalue weighted by Gasteiger charge is -2.26. The van der Waals surface area contributed by atoms with Gasteiger partial charge >= 0.3 is 5.51 Å². The third-order valence-corrected chi connectivity index (χ3v) is 3.06. The molecule has 0 aromatic heterocycles. The van der Waals surface area contributed by atoms with Crippen molar-refractivity contribution in [3.63, 3.8) is 0 Å². The van der Waals surface area contributed by atoms with Gasteiger partial charge in [0.05, 0.1) is 19.3 Å². The third-order valence-electron chi connectivity index (χ3n) is 2.32. The first kappa shape index (κ1) is 13.2. The van der Waals surface area contributed by atoms with E-state index in [0.29, 0.717) is 18.8 Å². The van der Waals surface area contributed by atoms with Crippen LogP contribution in [0.25, 0.3) is 0 Å². The van der Waals surface area contributed by atoms with Crippen LogP contribution in [0.4, 0.5) is 13.2 Å². The summed E-state index contributed by atoms with van der Waals surface area (Å²) in [7, 11) is 0. The predicted molar refractivity (Wildman–Crippen MR) is 60.4 cm³/mol. The zero-order valence-corrected chi connectivity index (χ0v) is 9.98. The second-order valence-electron chi connectivity index (χ2n) is 3.78. The summed E-state index contributed by atoms with van der Waals surface area (Å²) in [6, 6.07) is 5.32. The van der Waals surface area contributed by atoms with Crippen molar-refractivity contribution in [3.05, 3.63) is 29.8 Å². The summed E-state index contributed by atoms with van der Waals surface area (Å²) >= 11 is -0.201. The van der Waals surface area contributed by atoms with E-state index in [2.05, 4.69) is 5.32 Å². The number of halogens is 3. The number of hydrogen-bond acceptors (Lipinski definition) is 3. The first-order valence-corrected chi connectivity index (χ1v) is 6.00. The lowest BCUT2D eigenvalue weighted by Crippen LogP contribution is -2.48. The van der Waals surface area contributed by atoms with Gasteiger partial charge in [0.1, 0.15) is 0 Å². The lowest BCUT2D eigenvalue weighted by molar-refractivity contribution is -0.0328. The fourth-order valence-electron chi connectivity index (χ4n) is 1.40. The normalized spacial score (nSPS) is 16.2. The summed E-state index contributed by atoms with van der Waals surface area (Å²) in [5, 5.41) is 2.71. The minimum atomic E-state index is -4.31. The SMILES string of the molecule is O=C(NC1COC1)c1ccc(SC(F)(F)F)cc1. The van der Waals surface area contributed by atoms with E-state index in [9.17, 15) is 18.0 Å². The van der Waals surface area contributed by atoms with Crippen molar-refractivity contribution in [3.8, 4) is 0 Å². The summed E-state index contributed by atoms with van der Waals surface area (Å²) < 4.78 is 41.2. The number of rotatable bonds is 3. The molecule has 18 heavy (non-hydrogen) atoms. The highest BCUT2D eigenvalue weighted by molar-refractivity contribution is 8.00. The van der Waals surface area contributed by atoms with E-state index < -0.39 is 5.51 Å². The Morgan fingerprint density at radius 1 is 1.28 bits per heavy atom. The lowest BCUT2D eigenvalue weighted by atomic mass is 10.2. The molecule has 0 unspecified atom stereocenters. The van der Waals surface area contributed by atoms with E-state index in [0.717, 1.165) is 0 Å². The van der Waals surface area contributed by atoms with E-state index >= 15 is 0 Å². The maximum Gasteiger partial charge on any atom is 0.446 e. The van der Waals surface area contributed by atoms with Crippen LogP contribution in [-0.4, -0.2) is 30.7 Å². The molecule has 0 saturated carbocycles. The Labute approximate surface area is 106 Å². The Bertz CT molecular complexity index is 429. The summed E-state index contributed by atoms with van der Waals surface area (Å²) in [6.07, 6.45) is 0. The predicted octanol–water partition coefficient (Wildman–Crippen LogP) is 2.43. The van der Waals surface area contributed by atoms with Crippen molar-refractivity contribution in [2.75, 3.05) is 13.2 Å². The van der Waals surface area contributed by atoms with Crippen molar-refractivity contribution < 1.29 is 22.7 Å². The summed E-state index contributed by atoms with van der Waals surface area (Å²) in [4.78, 5) is 11.7. The molecule has 1 aliphatic heterocycles. The molecular formula is C11H10F3NO2S. The van der Waals surface area contributed by atoms with Crippen molar-refractivity contribution in [2.24, 2.45) is 0 Å². The Morgan fingerprint density at radius 3 is 2.33 bits per heavy atom. The molecule has 7 heteroatoms. The van der Waals surface area contributed by atoms with E-state index in [-0.39, 0.29) is 28.6 Å². The van der Waals surface area contributed by atoms with Crippen molar-refractivity contribution in [1.29, 1.82) is 0 Å². The highest BCUT2D eigenvalue weighted by Crippen LogP contribution is 2.36. The molecule has 1 aromatic rings. The van der Waals surface area contributed by atoms with Crippen LogP contribution in [0.2, 0.25) is 0 Å². The Balaban J connectivity index is 1.96. The van der Waals surface area contributed by atoms with Gasteiger partial charge in [-0.05, 0) is 36.0 Å². The molecule has 3 nitrogen and oxygen atoms in total. The van der Waals surface area contributed by atoms with Crippen LogP contribution in [0, 0.1) is 0 Å². The molecule has 0 bridgehead atoms. The zero-order valence-electron chi connectivity index (χ0n) is 9.16. The quantitative estimate of drug-likeness (QED) is 0.862. The molecule has 1 N–H and O–H groups in total. The minimum absolute atomic E-state index is 0.00160. The fourth-order valence-corrected chi connectivity index (χ4v) is 1.94. The Hall–Kier alpha value is -1.21. The number of benzene rings is 1. The minimum Gasteiger partial charge on any atom is -0.377 e. The number of hydrogen-bond donors (Lipinski definition) is 1. The number of carbonyl (C=O) groups excluding carboxylic acids is 1. The van der Waals surface area contributed by atoms with Crippen LogP contribution in [0.5, 0.6) is 0 Å². The second kappa shape index (κ2) is 5.19. The largest absolute Gasteiger partial charge is 0.446 e. The molecule has 0 atom stereocenters. The van der Waals surface area contributed by atoms with Gasteiger partial charge in [-0.1, -0.05) is 0 Å². The Morgan fingerprint density at radius 2 is 1.89 bits per heavy atom. The molecule has 1 aromatic carbocycles. The van der Waals surface area contributed by atoms with E-state index in [1.54, 1.807) is 0 Å². The third kappa shape index (κ3) is 3.64. The molecular weight excluding hydrogens is 267 g/mol. The molecule has 1 saturated heterocycles. The Kier molecular flexibility index (Phi) is 3.82. The van der Waals surface area contributed by atoms with Gasteiger partial charge in [-0.3, -0.25) is 4.79 Å². The van der Waals surface area contributed by atoms with E-state index in [4.69, 9.17) is 4.74 Å². The van der Waals surface area contributed by atoms with Crippen LogP contribution < -0.4 is 5.32 Å². The molecule has 0 spiro atoms. The van der Waals surface area contributed by atoms with Gasteiger partial charge in [-0.2, -0.15) is 13.2 Å². The van der Waals surface area contributed by atoms with Crippen molar-refractivity contribution in [1.82, 2.24) is 5.32 Å². The monoisotopic (exact) mass is 277 g/mol. The zero-order chi connectivity index (χ0) is 13.2. The topological polar surface area (TPSA) is 38.3 Å². The van der Waals surface area contributed by atoms with Crippen LogP contribution >= 0.6 is 11.8 Å². The van der Waals surface area contributed by atoms with Crippen LogP contribution in [0.1, 0.15) is 10.4 Å². The molecule has 1 heterocycles. The number of carbonyl (C=O) groups is 1. The number of ether oxygens (including phenoxy) is 1. The van der Waals surface area contributed by atoms with E-state index in [1.165, 1.54) is 24.3 Å². The average molecular weight is 277 g/mol. The van der Waals surface area contributed by atoms with Gasteiger partial charge in [0.15, 0.2) is 0 Å². The number of alkyl halides is 3. The number of amides is 1. The molecule has 1 amide bonds. The van der Waals surface area contributed by atoms with Gasteiger partial charge in [-0.25, -0.2) is 0 Å². The average Bonchev–Trinajstić information content (AvgIpc) is 2.22. The maximum absolute atomic E-state index is 12.1. The summed E-state index contributed by atoms with van der Waals surface area (Å²) in [5.74, 6) is -0.299. The maximum atomic E-state index is 12.1. The fraction of sp³-hybridized carbons (Fsp3) is 0.364. The second-order valence-corrected chi connectivity index (χ2v) is 4.92. The molecule has 1 fully saturated rings. The van der Waals surface area contributed by atoms with Crippen LogP contribution in [0.3, 0.4) is 0 Å². The van der Waals surface area contributed by atoms with Gasteiger partial charge in [0.2, 0.25) is 0 Å². The van der Waals surface area contributed by atoms with E-state index in [1.807, 2.05) is 0 Å². The summed E-state index contributed by atoms with van der Waals surface area (Å²) in [5.41, 5.74) is -3.97.